The first kappa shape index (κ1) is 59.3. The van der Waals surface area contributed by atoms with E-state index >= 15 is 0 Å². The Hall–Kier alpha value is -1.66. The van der Waals surface area contributed by atoms with Gasteiger partial charge >= 0.3 is 5.97 Å². The molecule has 1 amide bonds. The maximum Gasteiger partial charge on any atom is 0.305 e. The molecular formula is C55H105NO5. The number of carbonyl (C=O) groups excluding carboxylic acids is 2. The van der Waals surface area contributed by atoms with Gasteiger partial charge in [-0.05, 0) is 77.0 Å². The normalized spacial score (nSPS) is 12.8. The summed E-state index contributed by atoms with van der Waals surface area (Å²) in [6, 6.07) is -0.551. The number of hydrogen-bond acceptors (Lipinski definition) is 5. The molecule has 0 rings (SSSR count). The number of ether oxygens (including phenoxy) is 1. The lowest BCUT2D eigenvalue weighted by Gasteiger charge is -2.22. The average Bonchev–Trinajstić information content (AvgIpc) is 3.26. The highest BCUT2D eigenvalue weighted by atomic mass is 16.5. The second-order valence-corrected chi connectivity index (χ2v) is 18.6. The fourth-order valence-corrected chi connectivity index (χ4v) is 8.28. The van der Waals surface area contributed by atoms with E-state index in [-0.39, 0.29) is 18.5 Å². The van der Waals surface area contributed by atoms with Gasteiger partial charge in [-0.15, -0.1) is 0 Å². The van der Waals surface area contributed by atoms with Crippen molar-refractivity contribution in [3.8, 4) is 0 Å². The predicted molar refractivity (Wildman–Crippen MR) is 264 cm³/mol. The fourth-order valence-electron chi connectivity index (χ4n) is 8.28. The molecule has 360 valence electrons. The largest absolute Gasteiger partial charge is 0.466 e. The first-order valence-electron chi connectivity index (χ1n) is 27.1. The van der Waals surface area contributed by atoms with Crippen molar-refractivity contribution in [2.45, 2.75) is 302 Å². The Morgan fingerprint density at radius 1 is 0.443 bits per heavy atom. The van der Waals surface area contributed by atoms with E-state index in [4.69, 9.17) is 4.74 Å². The van der Waals surface area contributed by atoms with E-state index in [9.17, 15) is 19.8 Å². The van der Waals surface area contributed by atoms with Crippen LogP contribution in [0.25, 0.3) is 0 Å². The summed E-state index contributed by atoms with van der Waals surface area (Å²) in [5.74, 6) is -0.0582. The van der Waals surface area contributed by atoms with E-state index in [1.165, 1.54) is 193 Å². The number of esters is 1. The second-order valence-electron chi connectivity index (χ2n) is 18.6. The molecular weight excluding hydrogens is 755 g/mol. The van der Waals surface area contributed by atoms with E-state index in [1.807, 2.05) is 0 Å². The molecule has 0 aromatic rings. The lowest BCUT2D eigenvalue weighted by Crippen LogP contribution is -2.45. The number of aliphatic hydroxyl groups is 2. The zero-order valence-electron chi connectivity index (χ0n) is 40.9. The predicted octanol–water partition coefficient (Wildman–Crippen LogP) is 16.3. The van der Waals surface area contributed by atoms with Gasteiger partial charge in [0.25, 0.3) is 0 Å². The lowest BCUT2D eigenvalue weighted by atomic mass is 10.0. The average molecular weight is 860 g/mol. The number of rotatable bonds is 50. The number of carbonyl (C=O) groups is 2. The van der Waals surface area contributed by atoms with E-state index in [0.717, 1.165) is 64.2 Å². The molecule has 0 aliphatic heterocycles. The number of nitrogens with one attached hydrogen (secondary N) is 1. The zero-order valence-corrected chi connectivity index (χ0v) is 40.9. The van der Waals surface area contributed by atoms with Crippen LogP contribution >= 0.6 is 0 Å². The number of amides is 1. The van der Waals surface area contributed by atoms with Crippen LogP contribution in [0.4, 0.5) is 0 Å². The van der Waals surface area contributed by atoms with Crippen LogP contribution in [0, 0.1) is 0 Å². The third kappa shape index (κ3) is 47.7. The van der Waals surface area contributed by atoms with Gasteiger partial charge in [0.05, 0.1) is 25.4 Å². The molecule has 0 aromatic heterocycles. The van der Waals surface area contributed by atoms with Crippen molar-refractivity contribution in [2.75, 3.05) is 13.2 Å². The maximum atomic E-state index is 12.4. The van der Waals surface area contributed by atoms with E-state index in [0.29, 0.717) is 25.9 Å². The van der Waals surface area contributed by atoms with Crippen LogP contribution in [0.3, 0.4) is 0 Å². The third-order valence-electron chi connectivity index (χ3n) is 12.5. The molecule has 61 heavy (non-hydrogen) atoms. The van der Waals surface area contributed by atoms with Gasteiger partial charge in [-0.3, -0.25) is 9.59 Å². The Balaban J connectivity index is 3.42. The Labute approximate surface area is 380 Å². The molecule has 0 aliphatic rings. The molecule has 0 bridgehead atoms. The van der Waals surface area contributed by atoms with E-state index in [1.54, 1.807) is 0 Å². The molecule has 2 unspecified atom stereocenters. The minimum absolute atomic E-state index is 0.00361. The second kappa shape index (κ2) is 51.0. The summed E-state index contributed by atoms with van der Waals surface area (Å²) in [6.45, 7) is 4.90. The SMILES string of the molecule is CCCCCCCC/C=C\CCCCCCCCCCCC(=O)OCCCCCCCCC/C=C\CCCCCCCC(=O)NC(CO)C(O)CCCCCCCCCCC. The van der Waals surface area contributed by atoms with Gasteiger partial charge < -0.3 is 20.3 Å². The zero-order chi connectivity index (χ0) is 44.4. The summed E-state index contributed by atoms with van der Waals surface area (Å²) in [4.78, 5) is 24.5. The summed E-state index contributed by atoms with van der Waals surface area (Å²) >= 11 is 0. The van der Waals surface area contributed by atoms with E-state index < -0.39 is 12.1 Å². The van der Waals surface area contributed by atoms with Crippen molar-refractivity contribution in [2.24, 2.45) is 0 Å². The molecule has 0 saturated heterocycles. The quantitative estimate of drug-likeness (QED) is 0.0322. The third-order valence-corrected chi connectivity index (χ3v) is 12.5. The molecule has 0 aliphatic carbocycles. The monoisotopic (exact) mass is 860 g/mol. The van der Waals surface area contributed by atoms with Crippen LogP contribution in [-0.2, 0) is 14.3 Å². The maximum absolute atomic E-state index is 12.4. The molecule has 0 spiro atoms. The van der Waals surface area contributed by atoms with E-state index in [2.05, 4.69) is 43.5 Å². The fraction of sp³-hybridized carbons (Fsp3) is 0.891. The van der Waals surface area contributed by atoms with Crippen LogP contribution < -0.4 is 5.32 Å². The summed E-state index contributed by atoms with van der Waals surface area (Å²) in [5.41, 5.74) is 0. The Kier molecular flexibility index (Phi) is 49.6. The van der Waals surface area contributed by atoms with Crippen LogP contribution in [-0.4, -0.2) is 47.4 Å². The minimum atomic E-state index is -0.672. The molecule has 0 saturated carbocycles. The van der Waals surface area contributed by atoms with Crippen LogP contribution in [0.1, 0.15) is 290 Å². The smallest absolute Gasteiger partial charge is 0.305 e. The molecule has 0 heterocycles. The number of allylic oxidation sites excluding steroid dienone is 4. The lowest BCUT2D eigenvalue weighted by molar-refractivity contribution is -0.143. The van der Waals surface area contributed by atoms with Crippen molar-refractivity contribution in [1.82, 2.24) is 5.32 Å². The molecule has 0 radical (unpaired) electrons. The molecule has 0 fully saturated rings. The van der Waals surface area contributed by atoms with Crippen molar-refractivity contribution < 1.29 is 24.5 Å². The van der Waals surface area contributed by atoms with Crippen molar-refractivity contribution in [1.29, 1.82) is 0 Å². The number of hydrogen-bond donors (Lipinski definition) is 3. The van der Waals surface area contributed by atoms with Gasteiger partial charge in [0, 0.05) is 12.8 Å². The van der Waals surface area contributed by atoms with Crippen LogP contribution in [0.15, 0.2) is 24.3 Å². The summed E-state index contributed by atoms with van der Waals surface area (Å²) in [7, 11) is 0. The molecule has 2 atom stereocenters. The van der Waals surface area contributed by atoms with Crippen LogP contribution in [0.5, 0.6) is 0 Å². The molecule has 6 heteroatoms. The number of aliphatic hydroxyl groups excluding tert-OH is 2. The summed E-state index contributed by atoms with van der Waals surface area (Å²) in [6.07, 6.45) is 60.2. The Bertz CT molecular complexity index is 951. The van der Waals surface area contributed by atoms with Gasteiger partial charge in [-0.25, -0.2) is 0 Å². The number of unbranched alkanes of at least 4 members (excludes halogenated alkanes) is 35. The topological polar surface area (TPSA) is 95.9 Å². The van der Waals surface area contributed by atoms with Gasteiger partial charge in [0.15, 0.2) is 0 Å². The van der Waals surface area contributed by atoms with Crippen molar-refractivity contribution in [3.63, 3.8) is 0 Å². The van der Waals surface area contributed by atoms with Gasteiger partial charge in [0.1, 0.15) is 0 Å². The molecule has 0 aromatic carbocycles. The van der Waals surface area contributed by atoms with Crippen molar-refractivity contribution in [3.05, 3.63) is 24.3 Å². The highest BCUT2D eigenvalue weighted by molar-refractivity contribution is 5.76. The first-order chi connectivity index (χ1) is 30.0. The first-order valence-corrected chi connectivity index (χ1v) is 27.1. The Morgan fingerprint density at radius 3 is 1.16 bits per heavy atom. The van der Waals surface area contributed by atoms with Crippen molar-refractivity contribution >= 4 is 11.9 Å². The summed E-state index contributed by atoms with van der Waals surface area (Å²) in [5, 5.41) is 23.1. The molecule has 6 nitrogen and oxygen atoms in total. The van der Waals surface area contributed by atoms with Gasteiger partial charge in [-0.2, -0.15) is 0 Å². The van der Waals surface area contributed by atoms with Gasteiger partial charge in [-0.1, -0.05) is 224 Å². The van der Waals surface area contributed by atoms with Crippen LogP contribution in [0.2, 0.25) is 0 Å². The highest BCUT2D eigenvalue weighted by Gasteiger charge is 2.20. The van der Waals surface area contributed by atoms with Gasteiger partial charge in [0.2, 0.25) is 5.91 Å². The summed E-state index contributed by atoms with van der Waals surface area (Å²) < 4.78 is 5.48. The molecule has 3 N–H and O–H groups in total. The minimum Gasteiger partial charge on any atom is -0.466 e. The standard InChI is InChI=1S/C55H105NO5/c1-3-5-7-9-11-13-14-15-16-17-18-19-23-26-29-33-37-41-45-49-55(60)61-50-46-42-38-34-30-27-24-21-20-22-25-28-32-36-40-44-48-54(59)56-52(51-57)53(58)47-43-39-35-31-12-10-8-6-4-2/h15-16,20,22,52-53,57-58H,3-14,17-19,21,23-51H2,1-2H3,(H,56,59)/b16-15-,22-20-. The highest BCUT2D eigenvalue weighted by Crippen LogP contribution is 2.16. The Morgan fingerprint density at radius 2 is 0.770 bits per heavy atom.